The molecule has 2 fully saturated rings. The van der Waals surface area contributed by atoms with Gasteiger partial charge in [0.05, 0.1) is 18.8 Å². The minimum atomic E-state index is 0.337. The lowest BCUT2D eigenvalue weighted by atomic mass is 10.1. The number of ether oxygens (including phenoxy) is 2. The summed E-state index contributed by atoms with van der Waals surface area (Å²) in [6, 6.07) is 5.51. The third kappa shape index (κ3) is 4.27. The van der Waals surface area contributed by atoms with Crippen molar-refractivity contribution in [2.75, 3.05) is 39.5 Å². The molecule has 0 aromatic carbocycles. The highest BCUT2D eigenvalue weighted by molar-refractivity contribution is 7.10. The van der Waals surface area contributed by atoms with Crippen LogP contribution < -0.4 is 5.32 Å². The van der Waals surface area contributed by atoms with Crippen LogP contribution in [0.4, 0.5) is 0 Å². The van der Waals surface area contributed by atoms with Gasteiger partial charge in [-0.05, 0) is 31.2 Å². The molecule has 1 aromatic heterocycles. The molecule has 0 radical (unpaired) electrons. The Kier molecular flexibility index (Phi) is 5.66. The molecule has 118 valence electrons. The number of hydrogen-bond donors (Lipinski definition) is 1. The van der Waals surface area contributed by atoms with Crippen LogP contribution in [0.15, 0.2) is 17.5 Å². The summed E-state index contributed by atoms with van der Waals surface area (Å²) in [5, 5.41) is 5.95. The Balaban J connectivity index is 1.61. The molecule has 0 spiro atoms. The van der Waals surface area contributed by atoms with Crippen molar-refractivity contribution in [1.29, 1.82) is 0 Å². The van der Waals surface area contributed by atoms with Crippen molar-refractivity contribution in [3.8, 4) is 0 Å². The van der Waals surface area contributed by atoms with E-state index in [1.807, 2.05) is 11.3 Å². The average Bonchev–Trinajstić information content (AvgIpc) is 3.03. The lowest BCUT2D eigenvalue weighted by Gasteiger charge is -2.38. The molecule has 3 rings (SSSR count). The van der Waals surface area contributed by atoms with E-state index in [0.717, 1.165) is 52.3 Å². The van der Waals surface area contributed by atoms with Crippen LogP contribution >= 0.6 is 11.3 Å². The summed E-state index contributed by atoms with van der Waals surface area (Å²) < 4.78 is 11.1. The maximum atomic E-state index is 5.69. The summed E-state index contributed by atoms with van der Waals surface area (Å²) in [5.74, 6) is 0. The maximum absolute atomic E-state index is 5.69. The molecule has 2 saturated heterocycles. The molecular formula is C16H26N2O2S. The Hall–Kier alpha value is -0.460. The van der Waals surface area contributed by atoms with Gasteiger partial charge in [-0.25, -0.2) is 0 Å². The second-order valence-corrected chi connectivity index (χ2v) is 6.98. The largest absolute Gasteiger partial charge is 0.381 e. The van der Waals surface area contributed by atoms with Crippen LogP contribution in [0.25, 0.3) is 0 Å². The lowest BCUT2D eigenvalue weighted by molar-refractivity contribution is -0.0347. The number of morpholine rings is 1. The molecule has 21 heavy (non-hydrogen) atoms. The normalized spacial score (nSPS) is 26.8. The summed E-state index contributed by atoms with van der Waals surface area (Å²) in [6.07, 6.45) is 2.61. The predicted octanol–water partition coefficient (Wildman–Crippen LogP) is 2.28. The average molecular weight is 310 g/mol. The Morgan fingerprint density at radius 1 is 1.38 bits per heavy atom. The zero-order valence-corrected chi connectivity index (χ0v) is 13.6. The molecule has 3 heterocycles. The summed E-state index contributed by atoms with van der Waals surface area (Å²) >= 11 is 1.87. The fraction of sp³-hybridized carbons (Fsp3) is 0.750. The summed E-state index contributed by atoms with van der Waals surface area (Å²) in [5.41, 5.74) is 0. The smallest absolute Gasteiger partial charge is 0.0674 e. The van der Waals surface area contributed by atoms with Gasteiger partial charge in [-0.3, -0.25) is 4.90 Å². The third-order valence-electron chi connectivity index (χ3n) is 4.41. The van der Waals surface area contributed by atoms with Crippen molar-refractivity contribution in [3.05, 3.63) is 22.4 Å². The minimum Gasteiger partial charge on any atom is -0.381 e. The first-order chi connectivity index (χ1) is 10.3. The highest BCUT2D eigenvalue weighted by Crippen LogP contribution is 2.26. The van der Waals surface area contributed by atoms with Crippen molar-refractivity contribution in [3.63, 3.8) is 0 Å². The first kappa shape index (κ1) is 15.4. The summed E-state index contributed by atoms with van der Waals surface area (Å²) in [6.45, 7) is 7.90. The highest BCUT2D eigenvalue weighted by Gasteiger charge is 2.27. The minimum absolute atomic E-state index is 0.337. The number of hydrogen-bond acceptors (Lipinski definition) is 5. The van der Waals surface area contributed by atoms with Crippen molar-refractivity contribution in [2.24, 2.45) is 0 Å². The van der Waals surface area contributed by atoms with Gasteiger partial charge in [0.25, 0.3) is 0 Å². The fourth-order valence-electron chi connectivity index (χ4n) is 3.20. The van der Waals surface area contributed by atoms with Crippen LogP contribution in [0.5, 0.6) is 0 Å². The van der Waals surface area contributed by atoms with E-state index in [0.29, 0.717) is 18.2 Å². The Labute approximate surface area is 131 Å². The Morgan fingerprint density at radius 2 is 2.24 bits per heavy atom. The molecule has 4 nitrogen and oxygen atoms in total. The number of thiophene rings is 1. The molecule has 1 N–H and O–H groups in total. The quantitative estimate of drug-likeness (QED) is 0.905. The molecule has 2 aliphatic heterocycles. The van der Waals surface area contributed by atoms with Crippen molar-refractivity contribution >= 4 is 11.3 Å². The fourth-order valence-corrected chi connectivity index (χ4v) is 4.06. The van der Waals surface area contributed by atoms with Gasteiger partial charge in [-0.15, -0.1) is 11.3 Å². The first-order valence-corrected chi connectivity index (χ1v) is 8.91. The zero-order chi connectivity index (χ0) is 14.5. The van der Waals surface area contributed by atoms with Crippen LogP contribution in [0, 0.1) is 0 Å². The molecule has 0 bridgehead atoms. The van der Waals surface area contributed by atoms with Crippen LogP contribution in [-0.2, 0) is 9.47 Å². The van der Waals surface area contributed by atoms with Gasteiger partial charge in [0.1, 0.15) is 0 Å². The van der Waals surface area contributed by atoms with E-state index in [1.165, 1.54) is 4.88 Å². The Morgan fingerprint density at radius 3 is 2.95 bits per heavy atom. The van der Waals surface area contributed by atoms with Crippen LogP contribution in [0.2, 0.25) is 0 Å². The van der Waals surface area contributed by atoms with E-state index in [9.17, 15) is 0 Å². The van der Waals surface area contributed by atoms with Crippen LogP contribution in [0.3, 0.4) is 0 Å². The standard InChI is InChI=1S/C16H26N2O2S/c1-13-12-18(6-9-20-13)15(16-3-2-10-21-16)11-17-14-4-7-19-8-5-14/h2-3,10,13-15,17H,4-9,11-12H2,1H3. The molecule has 1 aromatic rings. The van der Waals surface area contributed by atoms with Crippen LogP contribution in [-0.4, -0.2) is 56.5 Å². The number of nitrogens with one attached hydrogen (secondary N) is 1. The first-order valence-electron chi connectivity index (χ1n) is 8.03. The number of nitrogens with zero attached hydrogens (tertiary/aromatic N) is 1. The van der Waals surface area contributed by atoms with Gasteiger partial charge in [0, 0.05) is 43.8 Å². The summed E-state index contributed by atoms with van der Waals surface area (Å²) in [4.78, 5) is 4.04. The number of rotatable bonds is 5. The van der Waals surface area contributed by atoms with Gasteiger partial charge in [-0.1, -0.05) is 6.07 Å². The Bertz CT molecular complexity index is 406. The topological polar surface area (TPSA) is 33.7 Å². The third-order valence-corrected chi connectivity index (χ3v) is 5.38. The van der Waals surface area contributed by atoms with E-state index in [4.69, 9.17) is 9.47 Å². The molecule has 2 aliphatic rings. The zero-order valence-electron chi connectivity index (χ0n) is 12.8. The molecule has 0 aliphatic carbocycles. The summed E-state index contributed by atoms with van der Waals surface area (Å²) in [7, 11) is 0. The monoisotopic (exact) mass is 310 g/mol. The van der Waals surface area contributed by atoms with E-state index >= 15 is 0 Å². The van der Waals surface area contributed by atoms with Crippen molar-refractivity contribution in [1.82, 2.24) is 10.2 Å². The predicted molar refractivity (Wildman–Crippen MR) is 85.9 cm³/mol. The SMILES string of the molecule is CC1CN(C(CNC2CCOCC2)c2cccs2)CCO1. The molecule has 0 saturated carbocycles. The second-order valence-electron chi connectivity index (χ2n) is 6.00. The second kappa shape index (κ2) is 7.70. The van der Waals surface area contributed by atoms with Gasteiger partial charge in [-0.2, -0.15) is 0 Å². The van der Waals surface area contributed by atoms with Gasteiger partial charge >= 0.3 is 0 Å². The molecule has 5 heteroatoms. The molecular weight excluding hydrogens is 284 g/mol. The van der Waals surface area contributed by atoms with E-state index in [2.05, 4.69) is 34.7 Å². The van der Waals surface area contributed by atoms with Gasteiger partial charge in [0.2, 0.25) is 0 Å². The van der Waals surface area contributed by atoms with E-state index < -0.39 is 0 Å². The van der Waals surface area contributed by atoms with Crippen molar-refractivity contribution in [2.45, 2.75) is 38.0 Å². The molecule has 0 amide bonds. The van der Waals surface area contributed by atoms with Gasteiger partial charge < -0.3 is 14.8 Å². The van der Waals surface area contributed by atoms with Crippen molar-refractivity contribution < 1.29 is 9.47 Å². The highest BCUT2D eigenvalue weighted by atomic mass is 32.1. The van der Waals surface area contributed by atoms with Crippen LogP contribution in [0.1, 0.15) is 30.7 Å². The molecule has 2 unspecified atom stereocenters. The van der Waals surface area contributed by atoms with E-state index in [-0.39, 0.29) is 0 Å². The lowest BCUT2D eigenvalue weighted by Crippen LogP contribution is -2.47. The van der Waals surface area contributed by atoms with E-state index in [1.54, 1.807) is 0 Å². The molecule has 2 atom stereocenters. The maximum Gasteiger partial charge on any atom is 0.0674 e. The van der Waals surface area contributed by atoms with Gasteiger partial charge in [0.15, 0.2) is 0 Å².